The van der Waals surface area contributed by atoms with Gasteiger partial charge in [0.2, 0.25) is 0 Å². The van der Waals surface area contributed by atoms with Crippen molar-refractivity contribution < 1.29 is 4.74 Å². The molecule has 0 fully saturated rings. The average Bonchev–Trinajstić information content (AvgIpc) is 2.35. The Kier molecular flexibility index (Phi) is 6.70. The van der Waals surface area contributed by atoms with Gasteiger partial charge in [-0.05, 0) is 37.0 Å². The summed E-state index contributed by atoms with van der Waals surface area (Å²) < 4.78 is 5.17. The van der Waals surface area contributed by atoms with Gasteiger partial charge < -0.3 is 15.8 Å². The Bertz CT molecular complexity index is 331. The van der Waals surface area contributed by atoms with Crippen LogP contribution in [0.2, 0.25) is 0 Å². The summed E-state index contributed by atoms with van der Waals surface area (Å²) in [6.07, 6.45) is 5.88. The second-order valence-electron chi connectivity index (χ2n) is 3.93. The zero-order valence-electron chi connectivity index (χ0n) is 10.7. The first-order valence-corrected chi connectivity index (χ1v) is 7.33. The summed E-state index contributed by atoms with van der Waals surface area (Å²) in [5.41, 5.74) is 7.63. The molecule has 0 atom stereocenters. The molecule has 4 heteroatoms. The maximum atomic E-state index is 5.89. The van der Waals surface area contributed by atoms with E-state index < -0.39 is 0 Å². The Morgan fingerprint density at radius 3 is 2.82 bits per heavy atom. The molecule has 0 aliphatic carbocycles. The summed E-state index contributed by atoms with van der Waals surface area (Å²) in [6, 6.07) is 5.69. The fourth-order valence-corrected chi connectivity index (χ4v) is 2.08. The van der Waals surface area contributed by atoms with Gasteiger partial charge in [-0.1, -0.05) is 6.42 Å². The fourth-order valence-electron chi connectivity index (χ4n) is 1.59. The van der Waals surface area contributed by atoms with Crippen LogP contribution in [-0.2, 0) is 0 Å². The number of hydrogen-bond acceptors (Lipinski definition) is 4. The van der Waals surface area contributed by atoms with Crippen LogP contribution in [0, 0.1) is 0 Å². The third-order valence-electron chi connectivity index (χ3n) is 2.60. The zero-order valence-corrected chi connectivity index (χ0v) is 11.5. The standard InChI is InChI=1S/C13H22N2OS/c1-16-11-6-7-12(14)13(10-11)15-8-4-3-5-9-17-2/h6-7,10,15H,3-5,8-9,14H2,1-2H3. The quantitative estimate of drug-likeness (QED) is 0.552. The smallest absolute Gasteiger partial charge is 0.121 e. The van der Waals surface area contributed by atoms with Gasteiger partial charge in [0.1, 0.15) is 5.75 Å². The Labute approximate surface area is 108 Å². The molecule has 0 unspecified atom stereocenters. The highest BCUT2D eigenvalue weighted by Gasteiger charge is 2.00. The van der Waals surface area contributed by atoms with Crippen LogP contribution in [0.15, 0.2) is 18.2 Å². The van der Waals surface area contributed by atoms with Crippen LogP contribution in [0.5, 0.6) is 5.75 Å². The molecular formula is C13H22N2OS. The predicted molar refractivity (Wildman–Crippen MR) is 78.1 cm³/mol. The third kappa shape index (κ3) is 5.22. The number of unbranched alkanes of at least 4 members (excludes halogenated alkanes) is 2. The number of nitrogens with two attached hydrogens (primary N) is 1. The van der Waals surface area contributed by atoms with E-state index in [2.05, 4.69) is 11.6 Å². The number of nitrogens with one attached hydrogen (secondary N) is 1. The molecule has 0 aliphatic rings. The van der Waals surface area contributed by atoms with Crippen LogP contribution >= 0.6 is 11.8 Å². The summed E-state index contributed by atoms with van der Waals surface area (Å²) in [5, 5.41) is 3.35. The lowest BCUT2D eigenvalue weighted by Crippen LogP contribution is -2.04. The van der Waals surface area contributed by atoms with Crippen LogP contribution < -0.4 is 15.8 Å². The second-order valence-corrected chi connectivity index (χ2v) is 4.92. The molecule has 0 saturated carbocycles. The first kappa shape index (κ1) is 14.0. The third-order valence-corrected chi connectivity index (χ3v) is 3.30. The molecule has 0 amide bonds. The number of ether oxygens (including phenoxy) is 1. The van der Waals surface area contributed by atoms with E-state index in [1.807, 2.05) is 30.0 Å². The van der Waals surface area contributed by atoms with Gasteiger partial charge in [0.05, 0.1) is 18.5 Å². The molecule has 96 valence electrons. The molecule has 0 bridgehead atoms. The normalized spacial score (nSPS) is 10.2. The molecule has 3 N–H and O–H groups in total. The number of rotatable bonds is 8. The van der Waals surface area contributed by atoms with E-state index in [-0.39, 0.29) is 0 Å². The topological polar surface area (TPSA) is 47.3 Å². The molecule has 0 aromatic heterocycles. The lowest BCUT2D eigenvalue weighted by atomic mass is 10.2. The van der Waals surface area contributed by atoms with Crippen molar-refractivity contribution >= 4 is 23.1 Å². The summed E-state index contributed by atoms with van der Waals surface area (Å²) in [7, 11) is 1.66. The van der Waals surface area contributed by atoms with Crippen molar-refractivity contribution in [3.8, 4) is 5.75 Å². The fraction of sp³-hybridized carbons (Fsp3) is 0.538. The van der Waals surface area contributed by atoms with Crippen LogP contribution in [0.4, 0.5) is 11.4 Å². The van der Waals surface area contributed by atoms with E-state index in [1.54, 1.807) is 7.11 Å². The summed E-state index contributed by atoms with van der Waals surface area (Å²) in [4.78, 5) is 0. The second kappa shape index (κ2) is 8.12. The summed E-state index contributed by atoms with van der Waals surface area (Å²) >= 11 is 1.91. The minimum atomic E-state index is 0.773. The molecule has 0 spiro atoms. The molecule has 3 nitrogen and oxygen atoms in total. The van der Waals surface area contributed by atoms with Crippen LogP contribution in [0.3, 0.4) is 0 Å². The highest BCUT2D eigenvalue weighted by molar-refractivity contribution is 7.98. The SMILES string of the molecule is COc1ccc(N)c(NCCCCCSC)c1. The van der Waals surface area contributed by atoms with Crippen molar-refractivity contribution in [1.29, 1.82) is 0 Å². The highest BCUT2D eigenvalue weighted by atomic mass is 32.2. The van der Waals surface area contributed by atoms with Gasteiger partial charge in [0.15, 0.2) is 0 Å². The molecule has 0 saturated heterocycles. The van der Waals surface area contributed by atoms with Crippen molar-refractivity contribution in [3.05, 3.63) is 18.2 Å². The Morgan fingerprint density at radius 2 is 2.12 bits per heavy atom. The Balaban J connectivity index is 2.30. The molecule has 0 aliphatic heterocycles. The van der Waals surface area contributed by atoms with Crippen molar-refractivity contribution in [1.82, 2.24) is 0 Å². The molecule has 0 radical (unpaired) electrons. The number of hydrogen-bond donors (Lipinski definition) is 2. The van der Waals surface area contributed by atoms with Gasteiger partial charge in [-0.3, -0.25) is 0 Å². The Morgan fingerprint density at radius 1 is 1.29 bits per heavy atom. The molecule has 17 heavy (non-hydrogen) atoms. The van der Waals surface area contributed by atoms with Crippen LogP contribution in [0.25, 0.3) is 0 Å². The van der Waals surface area contributed by atoms with E-state index in [0.29, 0.717) is 0 Å². The van der Waals surface area contributed by atoms with Crippen molar-refractivity contribution in [2.24, 2.45) is 0 Å². The highest BCUT2D eigenvalue weighted by Crippen LogP contribution is 2.24. The minimum absolute atomic E-state index is 0.773. The van der Waals surface area contributed by atoms with E-state index in [9.17, 15) is 0 Å². The van der Waals surface area contributed by atoms with E-state index in [4.69, 9.17) is 10.5 Å². The lowest BCUT2D eigenvalue weighted by Gasteiger charge is -2.10. The molecule has 0 heterocycles. The van der Waals surface area contributed by atoms with E-state index >= 15 is 0 Å². The number of thioether (sulfide) groups is 1. The van der Waals surface area contributed by atoms with E-state index in [1.165, 1.54) is 25.0 Å². The van der Waals surface area contributed by atoms with Gasteiger partial charge in [0.25, 0.3) is 0 Å². The number of anilines is 2. The van der Waals surface area contributed by atoms with Gasteiger partial charge in [-0.15, -0.1) is 0 Å². The summed E-state index contributed by atoms with van der Waals surface area (Å²) in [5.74, 6) is 2.09. The molecule has 1 rings (SSSR count). The maximum Gasteiger partial charge on any atom is 0.121 e. The molecular weight excluding hydrogens is 232 g/mol. The maximum absolute atomic E-state index is 5.89. The lowest BCUT2D eigenvalue weighted by molar-refractivity contribution is 0.415. The van der Waals surface area contributed by atoms with Crippen LogP contribution in [0.1, 0.15) is 19.3 Å². The van der Waals surface area contributed by atoms with Crippen molar-refractivity contribution in [2.75, 3.05) is 36.7 Å². The Hall–Kier alpha value is -1.03. The predicted octanol–water partition coefficient (Wildman–Crippen LogP) is 3.22. The first-order chi connectivity index (χ1) is 8.27. The van der Waals surface area contributed by atoms with Crippen LogP contribution in [-0.4, -0.2) is 25.7 Å². The number of nitrogen functional groups attached to an aromatic ring is 1. The van der Waals surface area contributed by atoms with Gasteiger partial charge in [0, 0.05) is 12.6 Å². The van der Waals surface area contributed by atoms with Gasteiger partial charge in [-0.2, -0.15) is 11.8 Å². The minimum Gasteiger partial charge on any atom is -0.497 e. The zero-order chi connectivity index (χ0) is 12.5. The average molecular weight is 254 g/mol. The largest absolute Gasteiger partial charge is 0.497 e. The van der Waals surface area contributed by atoms with Crippen molar-refractivity contribution in [3.63, 3.8) is 0 Å². The molecule has 1 aromatic carbocycles. The first-order valence-electron chi connectivity index (χ1n) is 5.94. The number of methoxy groups -OCH3 is 1. The summed E-state index contributed by atoms with van der Waals surface area (Å²) in [6.45, 7) is 0.964. The molecule has 1 aromatic rings. The number of benzene rings is 1. The van der Waals surface area contributed by atoms with Gasteiger partial charge >= 0.3 is 0 Å². The monoisotopic (exact) mass is 254 g/mol. The van der Waals surface area contributed by atoms with Gasteiger partial charge in [-0.25, -0.2) is 0 Å². The van der Waals surface area contributed by atoms with Crippen molar-refractivity contribution in [2.45, 2.75) is 19.3 Å². The van der Waals surface area contributed by atoms with E-state index in [0.717, 1.165) is 23.7 Å².